The van der Waals surface area contributed by atoms with Crippen LogP contribution in [0.25, 0.3) is 0 Å². The SMILES string of the molecule is C=CCOC(=O)N(CC#N)CCO[Si](C)(C)C(C)(C)C. The van der Waals surface area contributed by atoms with Gasteiger partial charge in [-0.15, -0.1) is 0 Å². The monoisotopic (exact) mass is 298 g/mol. The lowest BCUT2D eigenvalue weighted by Gasteiger charge is -2.36. The molecule has 0 aliphatic carbocycles. The van der Waals surface area contributed by atoms with Crippen LogP contribution in [-0.2, 0) is 9.16 Å². The molecule has 0 spiro atoms. The summed E-state index contributed by atoms with van der Waals surface area (Å²) in [5.74, 6) is 0. The van der Waals surface area contributed by atoms with Crippen LogP contribution in [0.5, 0.6) is 0 Å². The van der Waals surface area contributed by atoms with E-state index in [0.29, 0.717) is 13.2 Å². The minimum atomic E-state index is -1.83. The average molecular weight is 298 g/mol. The topological polar surface area (TPSA) is 62.6 Å². The summed E-state index contributed by atoms with van der Waals surface area (Å²) in [6.45, 7) is 15.2. The Morgan fingerprint density at radius 3 is 2.50 bits per heavy atom. The molecule has 0 atom stereocenters. The lowest BCUT2D eigenvalue weighted by molar-refractivity contribution is 0.109. The Kier molecular flexibility index (Phi) is 7.54. The van der Waals surface area contributed by atoms with Gasteiger partial charge in [-0.1, -0.05) is 33.4 Å². The molecule has 0 aromatic carbocycles. The van der Waals surface area contributed by atoms with Gasteiger partial charge in [0.2, 0.25) is 0 Å². The summed E-state index contributed by atoms with van der Waals surface area (Å²) in [5.41, 5.74) is 0. The fourth-order valence-corrected chi connectivity index (χ4v) is 2.20. The summed E-state index contributed by atoms with van der Waals surface area (Å²) in [6.07, 6.45) is 0.986. The Morgan fingerprint density at radius 2 is 2.05 bits per heavy atom. The smallest absolute Gasteiger partial charge is 0.411 e. The van der Waals surface area contributed by atoms with Crippen LogP contribution in [0, 0.1) is 11.3 Å². The molecule has 0 fully saturated rings. The molecule has 0 rings (SSSR count). The first-order valence-electron chi connectivity index (χ1n) is 6.69. The van der Waals surface area contributed by atoms with Crippen molar-refractivity contribution in [2.75, 3.05) is 26.3 Å². The first-order valence-corrected chi connectivity index (χ1v) is 9.60. The van der Waals surface area contributed by atoms with Crippen LogP contribution in [-0.4, -0.2) is 45.6 Å². The van der Waals surface area contributed by atoms with Crippen molar-refractivity contribution in [3.05, 3.63) is 12.7 Å². The van der Waals surface area contributed by atoms with Crippen molar-refractivity contribution in [3.8, 4) is 6.07 Å². The lowest BCUT2D eigenvalue weighted by Crippen LogP contribution is -2.43. The Morgan fingerprint density at radius 1 is 1.45 bits per heavy atom. The van der Waals surface area contributed by atoms with Gasteiger partial charge < -0.3 is 9.16 Å². The highest BCUT2D eigenvalue weighted by molar-refractivity contribution is 6.74. The first kappa shape index (κ1) is 18.7. The summed E-state index contributed by atoms with van der Waals surface area (Å²) in [5, 5.41) is 8.87. The molecule has 20 heavy (non-hydrogen) atoms. The zero-order valence-electron chi connectivity index (χ0n) is 13.2. The molecule has 0 aliphatic heterocycles. The molecular formula is C14H26N2O3Si. The third-order valence-corrected chi connectivity index (χ3v) is 8.01. The number of ether oxygens (including phenoxy) is 1. The first-order chi connectivity index (χ1) is 9.15. The number of nitrogens with zero attached hydrogens (tertiary/aromatic N) is 2. The molecule has 0 saturated carbocycles. The third-order valence-electron chi connectivity index (χ3n) is 3.47. The zero-order chi connectivity index (χ0) is 15.8. The number of rotatable bonds is 7. The van der Waals surface area contributed by atoms with Crippen LogP contribution in [0.2, 0.25) is 18.1 Å². The van der Waals surface area contributed by atoms with Crippen molar-refractivity contribution in [3.63, 3.8) is 0 Å². The Labute approximate surface area is 123 Å². The Hall–Kier alpha value is -1.32. The maximum atomic E-state index is 11.7. The van der Waals surface area contributed by atoms with E-state index in [-0.39, 0.29) is 18.2 Å². The van der Waals surface area contributed by atoms with Gasteiger partial charge in [0, 0.05) is 6.54 Å². The fourth-order valence-electron chi connectivity index (χ4n) is 1.17. The molecule has 0 aromatic rings. The van der Waals surface area contributed by atoms with Crippen LogP contribution in [0.15, 0.2) is 12.7 Å². The number of hydrogen-bond acceptors (Lipinski definition) is 4. The van der Waals surface area contributed by atoms with Gasteiger partial charge in [-0.3, -0.25) is 4.90 Å². The fraction of sp³-hybridized carbons (Fsp3) is 0.714. The minimum Gasteiger partial charge on any atom is -0.445 e. The second-order valence-corrected chi connectivity index (χ2v) is 10.9. The average Bonchev–Trinajstić information content (AvgIpc) is 2.33. The molecule has 0 heterocycles. The standard InChI is InChI=1S/C14H26N2O3Si/c1-7-11-18-13(17)16(9-8-15)10-12-19-20(5,6)14(2,3)4/h7H,1,9-12H2,2-6H3. The highest BCUT2D eigenvalue weighted by Gasteiger charge is 2.37. The van der Waals surface area contributed by atoms with E-state index in [1.807, 2.05) is 6.07 Å². The summed E-state index contributed by atoms with van der Waals surface area (Å²) < 4.78 is 10.9. The van der Waals surface area contributed by atoms with Gasteiger partial charge in [0.25, 0.3) is 0 Å². The van der Waals surface area contributed by atoms with E-state index in [1.54, 1.807) is 0 Å². The van der Waals surface area contributed by atoms with E-state index in [0.717, 1.165) is 0 Å². The molecular weight excluding hydrogens is 272 g/mol. The number of amides is 1. The van der Waals surface area contributed by atoms with Crippen LogP contribution >= 0.6 is 0 Å². The van der Waals surface area contributed by atoms with Crippen molar-refractivity contribution < 1.29 is 14.0 Å². The van der Waals surface area contributed by atoms with Crippen LogP contribution in [0.4, 0.5) is 4.79 Å². The zero-order valence-corrected chi connectivity index (χ0v) is 14.2. The molecule has 0 N–H and O–H groups in total. The molecule has 1 amide bonds. The highest BCUT2D eigenvalue weighted by Crippen LogP contribution is 2.36. The highest BCUT2D eigenvalue weighted by atomic mass is 28.4. The second-order valence-electron chi connectivity index (χ2n) is 6.05. The molecule has 0 bridgehead atoms. The van der Waals surface area contributed by atoms with Gasteiger partial charge in [0.1, 0.15) is 13.2 Å². The third kappa shape index (κ3) is 6.22. The lowest BCUT2D eigenvalue weighted by atomic mass is 10.2. The van der Waals surface area contributed by atoms with Crippen LogP contribution in [0.1, 0.15) is 20.8 Å². The molecule has 114 valence electrons. The van der Waals surface area contributed by atoms with E-state index in [9.17, 15) is 4.79 Å². The molecule has 0 aliphatic rings. The van der Waals surface area contributed by atoms with Crippen molar-refractivity contribution in [2.24, 2.45) is 0 Å². The molecule has 0 aromatic heterocycles. The van der Waals surface area contributed by atoms with Crippen molar-refractivity contribution >= 4 is 14.4 Å². The van der Waals surface area contributed by atoms with Crippen molar-refractivity contribution in [1.29, 1.82) is 5.26 Å². The van der Waals surface area contributed by atoms with E-state index in [2.05, 4.69) is 40.4 Å². The predicted octanol–water partition coefficient (Wildman–Crippen LogP) is 3.16. The van der Waals surface area contributed by atoms with Gasteiger partial charge in [0.15, 0.2) is 8.32 Å². The van der Waals surface area contributed by atoms with Gasteiger partial charge in [-0.05, 0) is 18.1 Å². The summed E-state index contributed by atoms with van der Waals surface area (Å²) in [6, 6.07) is 1.96. The molecule has 0 radical (unpaired) electrons. The molecule has 0 unspecified atom stereocenters. The van der Waals surface area contributed by atoms with Gasteiger partial charge in [-0.25, -0.2) is 4.79 Å². The predicted molar refractivity (Wildman–Crippen MR) is 81.9 cm³/mol. The van der Waals surface area contributed by atoms with E-state index in [1.165, 1.54) is 11.0 Å². The van der Waals surface area contributed by atoms with E-state index >= 15 is 0 Å². The second kappa shape index (κ2) is 8.07. The summed E-state index contributed by atoms with van der Waals surface area (Å²) in [4.78, 5) is 13.0. The molecule has 5 nitrogen and oxygen atoms in total. The quantitative estimate of drug-likeness (QED) is 0.411. The number of carbonyl (C=O) groups is 1. The number of hydrogen-bond donors (Lipinski definition) is 0. The Balaban J connectivity index is 4.39. The van der Waals surface area contributed by atoms with Crippen LogP contribution in [0.3, 0.4) is 0 Å². The van der Waals surface area contributed by atoms with Crippen molar-refractivity contribution in [1.82, 2.24) is 4.90 Å². The molecule has 0 saturated heterocycles. The van der Waals surface area contributed by atoms with Gasteiger partial charge in [-0.2, -0.15) is 5.26 Å². The largest absolute Gasteiger partial charge is 0.445 e. The van der Waals surface area contributed by atoms with E-state index in [4.69, 9.17) is 14.4 Å². The normalized spacial score (nSPS) is 11.6. The summed E-state index contributed by atoms with van der Waals surface area (Å²) in [7, 11) is -1.83. The molecule has 6 heteroatoms. The number of carbonyl (C=O) groups excluding carboxylic acids is 1. The van der Waals surface area contributed by atoms with E-state index < -0.39 is 14.4 Å². The maximum absolute atomic E-state index is 11.7. The van der Waals surface area contributed by atoms with Gasteiger partial charge >= 0.3 is 6.09 Å². The Bertz CT molecular complexity index is 370. The number of nitriles is 1. The van der Waals surface area contributed by atoms with Crippen molar-refractivity contribution in [2.45, 2.75) is 38.9 Å². The summed E-state index contributed by atoms with van der Waals surface area (Å²) >= 11 is 0. The van der Waals surface area contributed by atoms with Crippen LogP contribution < -0.4 is 0 Å². The maximum Gasteiger partial charge on any atom is 0.411 e. The minimum absolute atomic E-state index is 0.00314. The van der Waals surface area contributed by atoms with Gasteiger partial charge in [0.05, 0.1) is 12.7 Å².